The summed E-state index contributed by atoms with van der Waals surface area (Å²) in [6, 6.07) is 0. The topological polar surface area (TPSA) is 129 Å². The number of rotatable bonds is 7. The number of carbonyl (C=O) groups excluding carboxylic acids is 1. The number of H-pyrrole nitrogens is 1. The van der Waals surface area contributed by atoms with Crippen LogP contribution >= 0.6 is 0 Å². The van der Waals surface area contributed by atoms with E-state index < -0.39 is 58.7 Å². The average molecular weight is 541 g/mol. The molecule has 0 aromatic carbocycles. The highest BCUT2D eigenvalue weighted by Crippen LogP contribution is 2.48. The Morgan fingerprint density at radius 2 is 1.64 bits per heavy atom. The minimum atomic E-state index is -3.01. The average Bonchev–Trinajstić information content (AvgIpc) is 3.07. The zero-order valence-corrected chi connectivity index (χ0v) is 24.4. The number of fused-ring (bicyclic) bond motifs is 1. The van der Waals surface area contributed by atoms with Gasteiger partial charge < -0.3 is 22.8 Å². The van der Waals surface area contributed by atoms with Crippen molar-refractivity contribution >= 4 is 22.9 Å². The molecule has 0 amide bonds. The number of aliphatic hydroxyl groups excluding tert-OH is 1. The van der Waals surface area contributed by atoms with Gasteiger partial charge in [-0.25, -0.2) is 4.79 Å². The van der Waals surface area contributed by atoms with Gasteiger partial charge in [0, 0.05) is 6.20 Å². The number of allylic oxidation sites excluding steroid dienone is 1. The van der Waals surface area contributed by atoms with E-state index in [1.807, 2.05) is 0 Å². The molecule has 0 radical (unpaired) electrons. The summed E-state index contributed by atoms with van der Waals surface area (Å²) in [6.07, 6.45) is -1.88. The zero-order valence-electron chi connectivity index (χ0n) is 22.4. The second kappa shape index (κ2) is 10.6. The van der Waals surface area contributed by atoms with E-state index in [2.05, 4.69) is 67.0 Å². The van der Waals surface area contributed by atoms with Crippen LogP contribution in [0.5, 0.6) is 0 Å². The SMILES string of the molecule is C=CC(=O)c1cn([C@@H]2O[C@@H]3CO[Si](C(C)C)(C(C)C)O[Si](C(C)C)(C(C)C)O[C@@H]3C2O)c(=O)[nH]c1=O. The molecule has 3 heterocycles. The number of nitrogens with one attached hydrogen (secondary N) is 1. The highest BCUT2D eigenvalue weighted by atomic mass is 28.5. The fourth-order valence-electron chi connectivity index (χ4n) is 5.33. The molecular weight excluding hydrogens is 500 g/mol. The molecular formula is C24H40N2O8Si2. The van der Waals surface area contributed by atoms with Gasteiger partial charge in [0.1, 0.15) is 23.9 Å². The van der Waals surface area contributed by atoms with E-state index in [4.69, 9.17) is 17.7 Å². The number of aliphatic hydroxyl groups is 1. The number of hydrogen-bond donors (Lipinski definition) is 2. The van der Waals surface area contributed by atoms with Crippen molar-refractivity contribution in [2.45, 2.75) is 102 Å². The van der Waals surface area contributed by atoms with Gasteiger partial charge in [-0.2, -0.15) is 0 Å². The first-order valence-electron chi connectivity index (χ1n) is 12.6. The number of aromatic nitrogens is 2. The van der Waals surface area contributed by atoms with Gasteiger partial charge in [-0.1, -0.05) is 62.0 Å². The predicted molar refractivity (Wildman–Crippen MR) is 140 cm³/mol. The van der Waals surface area contributed by atoms with E-state index in [0.29, 0.717) is 0 Å². The highest BCUT2D eigenvalue weighted by Gasteiger charge is 2.61. The van der Waals surface area contributed by atoms with Crippen LogP contribution in [0.1, 0.15) is 72.0 Å². The van der Waals surface area contributed by atoms with Gasteiger partial charge in [0.25, 0.3) is 5.56 Å². The number of carbonyl (C=O) groups is 1. The second-order valence-corrected chi connectivity index (χ2v) is 19.7. The van der Waals surface area contributed by atoms with E-state index in [0.717, 1.165) is 16.8 Å². The quantitative estimate of drug-likeness (QED) is 0.307. The maximum atomic E-state index is 12.7. The van der Waals surface area contributed by atoms with Crippen molar-refractivity contribution in [3.8, 4) is 0 Å². The summed E-state index contributed by atoms with van der Waals surface area (Å²) in [6.45, 7) is 20.2. The number of ketones is 1. The van der Waals surface area contributed by atoms with E-state index >= 15 is 0 Å². The fraction of sp³-hybridized carbons (Fsp3) is 0.708. The molecule has 2 aliphatic rings. The van der Waals surface area contributed by atoms with Crippen LogP contribution in [-0.4, -0.2) is 62.5 Å². The van der Waals surface area contributed by atoms with Crippen molar-refractivity contribution in [1.29, 1.82) is 0 Å². The molecule has 1 aromatic rings. The fourth-order valence-corrected chi connectivity index (χ4v) is 16.5. The third-order valence-electron chi connectivity index (χ3n) is 7.33. The summed E-state index contributed by atoms with van der Waals surface area (Å²) in [7, 11) is -5.82. The smallest absolute Gasteiger partial charge is 0.335 e. The Hall–Kier alpha value is -1.68. The Balaban J connectivity index is 2.12. The van der Waals surface area contributed by atoms with Crippen LogP contribution in [-0.2, 0) is 17.7 Å². The molecule has 202 valence electrons. The molecule has 0 bridgehead atoms. The molecule has 1 unspecified atom stereocenters. The number of aromatic amines is 1. The number of ether oxygens (including phenoxy) is 1. The van der Waals surface area contributed by atoms with Crippen molar-refractivity contribution in [2.75, 3.05) is 6.61 Å². The Bertz CT molecular complexity index is 1080. The van der Waals surface area contributed by atoms with Crippen LogP contribution < -0.4 is 11.2 Å². The summed E-state index contributed by atoms with van der Waals surface area (Å²) in [5, 5.41) is 11.4. The maximum absolute atomic E-state index is 12.7. The maximum Gasteiger partial charge on any atom is 0.335 e. The lowest BCUT2D eigenvalue weighted by Gasteiger charge is -2.51. The molecule has 2 saturated heterocycles. The first-order valence-corrected chi connectivity index (χ1v) is 16.5. The van der Waals surface area contributed by atoms with Gasteiger partial charge in [-0.15, -0.1) is 0 Å². The molecule has 0 spiro atoms. The predicted octanol–water partition coefficient (Wildman–Crippen LogP) is 3.12. The van der Waals surface area contributed by atoms with Crippen LogP contribution in [0.4, 0.5) is 0 Å². The summed E-state index contributed by atoms with van der Waals surface area (Å²) in [5.41, 5.74) is -1.55. The minimum absolute atomic E-state index is 0.0445. The van der Waals surface area contributed by atoms with Crippen molar-refractivity contribution in [1.82, 2.24) is 9.55 Å². The van der Waals surface area contributed by atoms with Crippen molar-refractivity contribution in [3.63, 3.8) is 0 Å². The summed E-state index contributed by atoms with van der Waals surface area (Å²) in [4.78, 5) is 39.2. The van der Waals surface area contributed by atoms with Crippen molar-refractivity contribution in [2.24, 2.45) is 0 Å². The van der Waals surface area contributed by atoms with Crippen molar-refractivity contribution in [3.05, 3.63) is 45.3 Å². The van der Waals surface area contributed by atoms with Gasteiger partial charge in [-0.05, 0) is 28.2 Å². The molecule has 0 aliphatic carbocycles. The molecule has 2 aliphatic heterocycles. The zero-order chi connectivity index (χ0) is 27.2. The number of hydrogen-bond acceptors (Lipinski definition) is 8. The molecule has 1 aromatic heterocycles. The number of nitrogens with zero attached hydrogens (tertiary/aromatic N) is 1. The molecule has 0 saturated carbocycles. The molecule has 4 atom stereocenters. The minimum Gasteiger partial charge on any atom is -0.414 e. The van der Waals surface area contributed by atoms with Crippen LogP contribution in [0.15, 0.2) is 28.4 Å². The van der Waals surface area contributed by atoms with Crippen LogP contribution in [0.25, 0.3) is 0 Å². The Morgan fingerprint density at radius 1 is 1.08 bits per heavy atom. The first kappa shape index (κ1) is 28.9. The van der Waals surface area contributed by atoms with E-state index in [1.165, 1.54) is 0 Å². The summed E-state index contributed by atoms with van der Waals surface area (Å²) < 4.78 is 27.8. The molecule has 2 N–H and O–H groups in total. The molecule has 10 nitrogen and oxygen atoms in total. The lowest BCUT2D eigenvalue weighted by molar-refractivity contribution is -0.0601. The lowest BCUT2D eigenvalue weighted by atomic mass is 10.1. The van der Waals surface area contributed by atoms with Gasteiger partial charge in [0.15, 0.2) is 12.0 Å². The second-order valence-electron chi connectivity index (χ2n) is 10.9. The monoisotopic (exact) mass is 540 g/mol. The summed E-state index contributed by atoms with van der Waals surface area (Å²) >= 11 is 0. The lowest BCUT2D eigenvalue weighted by Crippen LogP contribution is -2.65. The van der Waals surface area contributed by atoms with Gasteiger partial charge >= 0.3 is 22.8 Å². The molecule has 12 heteroatoms. The normalized spacial score (nSPS) is 27.8. The van der Waals surface area contributed by atoms with Crippen molar-refractivity contribution < 1.29 is 27.6 Å². The van der Waals surface area contributed by atoms with E-state index in [9.17, 15) is 19.5 Å². The highest BCUT2D eigenvalue weighted by molar-refractivity contribution is 6.84. The van der Waals surface area contributed by atoms with Crippen LogP contribution in [0.2, 0.25) is 22.2 Å². The van der Waals surface area contributed by atoms with E-state index in [-0.39, 0.29) is 34.3 Å². The van der Waals surface area contributed by atoms with Gasteiger partial charge in [0.05, 0.1) is 6.61 Å². The van der Waals surface area contributed by atoms with Crippen LogP contribution in [0.3, 0.4) is 0 Å². The van der Waals surface area contributed by atoms with Gasteiger partial charge in [-0.3, -0.25) is 19.1 Å². The van der Waals surface area contributed by atoms with Gasteiger partial charge in [0.2, 0.25) is 0 Å². The largest absolute Gasteiger partial charge is 0.414 e. The molecule has 2 fully saturated rings. The van der Waals surface area contributed by atoms with E-state index in [1.54, 1.807) is 0 Å². The molecule has 3 rings (SSSR count). The third-order valence-corrected chi connectivity index (χ3v) is 17.6. The summed E-state index contributed by atoms with van der Waals surface area (Å²) in [5.74, 6) is -0.646. The first-order chi connectivity index (χ1) is 16.7. The Morgan fingerprint density at radius 3 is 2.14 bits per heavy atom. The Kier molecular flexibility index (Phi) is 8.50. The Labute approximate surface area is 214 Å². The molecule has 36 heavy (non-hydrogen) atoms. The standard InChI is InChI=1S/C24H40N2O8Si2/c1-10-18(27)17-11-26(24(30)25-22(17)29)23-20(28)21-19(32-23)12-31-35(13(2)3,14(4)5)34-36(33-21,15(6)7)16(8)9/h10-11,13-16,19-21,23,28H,1,12H2,2-9H3,(H,25,29,30)/t19-,20?,21+,23-/m1/s1. The van der Waals surface area contributed by atoms with Crippen LogP contribution in [0, 0.1) is 0 Å². The third kappa shape index (κ3) is 4.80.